The van der Waals surface area contributed by atoms with Gasteiger partial charge in [0.25, 0.3) is 5.78 Å². The molecular formula is C18H20O8. The van der Waals surface area contributed by atoms with Crippen LogP contribution >= 0.6 is 0 Å². The van der Waals surface area contributed by atoms with Gasteiger partial charge in [-0.15, -0.1) is 0 Å². The van der Waals surface area contributed by atoms with Crippen LogP contribution in [0, 0.1) is 0 Å². The molecule has 8 nitrogen and oxygen atoms in total. The second-order valence-electron chi connectivity index (χ2n) is 6.48. The molecule has 2 aliphatic heterocycles. The van der Waals surface area contributed by atoms with Crippen LogP contribution in [-0.4, -0.2) is 62.0 Å². The lowest BCUT2D eigenvalue weighted by molar-refractivity contribution is -0.167. The Morgan fingerprint density at radius 1 is 1.23 bits per heavy atom. The van der Waals surface area contributed by atoms with Gasteiger partial charge < -0.3 is 23.7 Å². The lowest BCUT2D eigenvalue weighted by atomic mass is 10.1. The van der Waals surface area contributed by atoms with Crippen LogP contribution in [-0.2, 0) is 28.5 Å². The molecule has 3 rings (SSSR count). The number of hydrogen-bond donors (Lipinski definition) is 0. The first-order valence-corrected chi connectivity index (χ1v) is 8.16. The summed E-state index contributed by atoms with van der Waals surface area (Å²) in [6, 6.07) is 6.48. The van der Waals surface area contributed by atoms with Crippen LogP contribution in [0.1, 0.15) is 24.2 Å². The van der Waals surface area contributed by atoms with Gasteiger partial charge in [-0.2, -0.15) is 0 Å². The second-order valence-corrected chi connectivity index (χ2v) is 6.48. The van der Waals surface area contributed by atoms with E-state index in [9.17, 15) is 14.4 Å². The van der Waals surface area contributed by atoms with Crippen molar-refractivity contribution in [2.24, 2.45) is 0 Å². The molecule has 2 heterocycles. The van der Waals surface area contributed by atoms with Gasteiger partial charge in [0.1, 0.15) is 18.5 Å². The molecule has 0 radical (unpaired) electrons. The minimum absolute atomic E-state index is 0.157. The van der Waals surface area contributed by atoms with E-state index in [1.54, 1.807) is 38.1 Å². The number of carbonyl (C=O) groups is 3. The number of hydrogen-bond acceptors (Lipinski definition) is 8. The van der Waals surface area contributed by atoms with Crippen molar-refractivity contribution in [3.05, 3.63) is 29.8 Å². The summed E-state index contributed by atoms with van der Waals surface area (Å²) < 4.78 is 26.7. The Kier molecular flexibility index (Phi) is 5.08. The zero-order valence-electron chi connectivity index (χ0n) is 14.7. The third-order valence-corrected chi connectivity index (χ3v) is 4.20. The number of benzene rings is 1. The molecule has 0 bridgehead atoms. The number of rotatable bonds is 6. The smallest absolute Gasteiger partial charge is 0.378 e. The molecule has 0 aliphatic carbocycles. The Morgan fingerprint density at radius 3 is 2.50 bits per heavy atom. The minimum atomic E-state index is -1.20. The van der Waals surface area contributed by atoms with Gasteiger partial charge in [0.2, 0.25) is 0 Å². The molecule has 140 valence electrons. The third-order valence-electron chi connectivity index (χ3n) is 4.20. The van der Waals surface area contributed by atoms with Gasteiger partial charge in [0.15, 0.2) is 23.8 Å². The van der Waals surface area contributed by atoms with Crippen LogP contribution in [0.3, 0.4) is 0 Å². The summed E-state index contributed by atoms with van der Waals surface area (Å²) >= 11 is 0. The maximum absolute atomic E-state index is 12.3. The van der Waals surface area contributed by atoms with E-state index in [2.05, 4.69) is 0 Å². The van der Waals surface area contributed by atoms with Crippen molar-refractivity contribution in [3.63, 3.8) is 0 Å². The zero-order chi connectivity index (χ0) is 18.9. The Morgan fingerprint density at radius 2 is 1.92 bits per heavy atom. The van der Waals surface area contributed by atoms with Crippen molar-refractivity contribution >= 4 is 17.5 Å². The van der Waals surface area contributed by atoms with Gasteiger partial charge >= 0.3 is 5.97 Å². The quantitative estimate of drug-likeness (QED) is 0.417. The molecule has 2 fully saturated rings. The lowest BCUT2D eigenvalue weighted by Gasteiger charge is -2.23. The predicted octanol–water partition coefficient (Wildman–Crippen LogP) is 0.909. The number of esters is 1. The fraction of sp³-hybridized carbons (Fsp3) is 0.500. The highest BCUT2D eigenvalue weighted by molar-refractivity contribution is 6.37. The van der Waals surface area contributed by atoms with Crippen LogP contribution in [0.2, 0.25) is 0 Å². The number of cyclic esters (lactones) is 1. The van der Waals surface area contributed by atoms with Gasteiger partial charge in [-0.05, 0) is 38.1 Å². The molecule has 1 aromatic rings. The minimum Gasteiger partial charge on any atom is -0.497 e. The molecule has 2 aliphatic rings. The van der Waals surface area contributed by atoms with Crippen molar-refractivity contribution in [2.75, 3.05) is 20.3 Å². The molecule has 0 spiro atoms. The normalized spacial score (nSPS) is 27.4. The Balaban J connectivity index is 1.65. The SMILES string of the molecule is COc1ccc(C(=O)CO[C@H]2C(=O)C(=O)O[C@H]2[C@H]2COC(C)(C)O2)cc1. The summed E-state index contributed by atoms with van der Waals surface area (Å²) in [6.07, 6.45) is -2.78. The van der Waals surface area contributed by atoms with Crippen LogP contribution in [0.25, 0.3) is 0 Å². The van der Waals surface area contributed by atoms with Crippen molar-refractivity contribution in [1.82, 2.24) is 0 Å². The Bertz CT molecular complexity index is 708. The molecule has 0 unspecified atom stereocenters. The fourth-order valence-corrected chi connectivity index (χ4v) is 2.85. The molecule has 0 N–H and O–H groups in total. The lowest BCUT2D eigenvalue weighted by Crippen LogP contribution is -2.41. The number of carbonyl (C=O) groups excluding carboxylic acids is 3. The summed E-state index contributed by atoms with van der Waals surface area (Å²) in [6.45, 7) is 3.22. The van der Waals surface area contributed by atoms with E-state index < -0.39 is 35.9 Å². The largest absolute Gasteiger partial charge is 0.497 e. The molecule has 26 heavy (non-hydrogen) atoms. The van der Waals surface area contributed by atoms with Crippen LogP contribution in [0.5, 0.6) is 5.75 Å². The van der Waals surface area contributed by atoms with E-state index in [-0.39, 0.29) is 19.0 Å². The van der Waals surface area contributed by atoms with Gasteiger partial charge in [-0.25, -0.2) is 4.79 Å². The highest BCUT2D eigenvalue weighted by atomic mass is 16.8. The van der Waals surface area contributed by atoms with Crippen LogP contribution in [0.15, 0.2) is 24.3 Å². The fourth-order valence-electron chi connectivity index (χ4n) is 2.85. The maximum atomic E-state index is 12.3. The van der Waals surface area contributed by atoms with Crippen molar-refractivity contribution in [2.45, 2.75) is 37.9 Å². The number of ketones is 2. The molecule has 0 amide bonds. The van der Waals surface area contributed by atoms with E-state index in [1.165, 1.54) is 7.11 Å². The standard InChI is InChI=1S/C18H20O8/c1-18(2)24-9-13(26-18)15-16(14(20)17(21)25-15)23-8-12(19)10-4-6-11(22-3)7-5-10/h4-7,13,15-16H,8-9H2,1-3H3/t13-,15+,16+/m1/s1. The summed E-state index contributed by atoms with van der Waals surface area (Å²) in [5, 5.41) is 0. The maximum Gasteiger partial charge on any atom is 0.378 e. The van der Waals surface area contributed by atoms with Crippen molar-refractivity contribution in [1.29, 1.82) is 0 Å². The zero-order valence-corrected chi connectivity index (χ0v) is 14.7. The molecule has 2 saturated heterocycles. The van der Waals surface area contributed by atoms with Crippen LogP contribution < -0.4 is 4.74 Å². The first-order chi connectivity index (χ1) is 12.3. The van der Waals surface area contributed by atoms with Crippen LogP contribution in [0.4, 0.5) is 0 Å². The average molecular weight is 364 g/mol. The summed E-state index contributed by atoms with van der Waals surface area (Å²) in [7, 11) is 1.53. The molecular weight excluding hydrogens is 344 g/mol. The second kappa shape index (κ2) is 7.14. The molecule has 1 aromatic carbocycles. The van der Waals surface area contributed by atoms with Crippen molar-refractivity contribution < 1.29 is 38.1 Å². The van der Waals surface area contributed by atoms with E-state index in [4.69, 9.17) is 23.7 Å². The molecule has 3 atom stereocenters. The summed E-state index contributed by atoms with van der Waals surface area (Å²) in [5.74, 6) is -2.38. The van der Waals surface area contributed by atoms with Crippen molar-refractivity contribution in [3.8, 4) is 5.75 Å². The highest BCUT2D eigenvalue weighted by Crippen LogP contribution is 2.30. The topological polar surface area (TPSA) is 97.4 Å². The summed E-state index contributed by atoms with van der Waals surface area (Å²) in [4.78, 5) is 36.0. The van der Waals surface area contributed by atoms with E-state index in [1.807, 2.05) is 0 Å². The average Bonchev–Trinajstić information content (AvgIpc) is 3.12. The Hall–Kier alpha value is -2.29. The molecule has 8 heteroatoms. The van der Waals surface area contributed by atoms with Gasteiger partial charge in [0.05, 0.1) is 13.7 Å². The van der Waals surface area contributed by atoms with E-state index >= 15 is 0 Å². The van der Waals surface area contributed by atoms with E-state index in [0.717, 1.165) is 0 Å². The highest BCUT2D eigenvalue weighted by Gasteiger charge is 2.52. The van der Waals surface area contributed by atoms with Gasteiger partial charge in [0, 0.05) is 5.56 Å². The van der Waals surface area contributed by atoms with E-state index in [0.29, 0.717) is 11.3 Å². The first kappa shape index (κ1) is 18.5. The van der Waals surface area contributed by atoms with Gasteiger partial charge in [-0.3, -0.25) is 9.59 Å². The number of ether oxygens (including phenoxy) is 5. The molecule has 0 aromatic heterocycles. The Labute approximate surface area is 150 Å². The van der Waals surface area contributed by atoms with Gasteiger partial charge in [-0.1, -0.05) is 0 Å². The first-order valence-electron chi connectivity index (χ1n) is 8.16. The molecule has 0 saturated carbocycles. The predicted molar refractivity (Wildman–Crippen MR) is 86.9 cm³/mol. The summed E-state index contributed by atoms with van der Waals surface area (Å²) in [5.41, 5.74) is 0.404. The number of methoxy groups -OCH3 is 1. The third kappa shape index (κ3) is 3.77. The number of Topliss-reactive ketones (excluding diaryl/α,β-unsaturated/α-hetero) is 2. The monoisotopic (exact) mass is 364 g/mol.